The average Bonchev–Trinajstić information content (AvgIpc) is 2.77. The number of sulfonamides is 1. The van der Waals surface area contributed by atoms with Gasteiger partial charge in [0.15, 0.2) is 0 Å². The molecule has 0 aromatic heterocycles. The Labute approximate surface area is 189 Å². The number of hydrogen-bond donors (Lipinski definition) is 1. The van der Waals surface area contributed by atoms with Gasteiger partial charge in [0.05, 0.1) is 12.0 Å². The van der Waals surface area contributed by atoms with Crippen molar-refractivity contribution < 1.29 is 17.9 Å². The maximum atomic E-state index is 12.4. The molecule has 0 bridgehead atoms. The third-order valence-corrected chi connectivity index (χ3v) is 7.60. The maximum Gasteiger partial charge on any atom is 0.305 e. The fraction of sp³-hybridized carbons (Fsp3) is 0.375. The fourth-order valence-electron chi connectivity index (χ4n) is 4.18. The Bertz CT molecular complexity index is 1050. The molecule has 31 heavy (non-hydrogen) atoms. The van der Waals surface area contributed by atoms with Crippen LogP contribution in [0, 0.1) is 5.92 Å². The van der Waals surface area contributed by atoms with Crippen molar-refractivity contribution >= 4 is 33.7 Å². The second-order valence-electron chi connectivity index (χ2n) is 7.80. The highest BCUT2D eigenvalue weighted by Crippen LogP contribution is 2.32. The number of carbonyl (C=O) groups is 1. The van der Waals surface area contributed by atoms with Crippen molar-refractivity contribution in [1.82, 2.24) is 4.72 Å². The smallest absolute Gasteiger partial charge is 0.305 e. The minimum absolute atomic E-state index is 0.214. The highest BCUT2D eigenvalue weighted by molar-refractivity contribution is 7.89. The van der Waals surface area contributed by atoms with Gasteiger partial charge in [0.2, 0.25) is 10.0 Å². The van der Waals surface area contributed by atoms with E-state index in [0.717, 1.165) is 31.2 Å². The molecule has 2 aromatic carbocycles. The Morgan fingerprint density at radius 1 is 1.26 bits per heavy atom. The highest BCUT2D eigenvalue weighted by Gasteiger charge is 2.23. The predicted octanol–water partition coefficient (Wildman–Crippen LogP) is 4.56. The van der Waals surface area contributed by atoms with Crippen LogP contribution in [0.4, 0.5) is 0 Å². The summed E-state index contributed by atoms with van der Waals surface area (Å²) >= 11 is 5.84. The van der Waals surface area contributed by atoms with E-state index in [4.69, 9.17) is 16.3 Å². The molecule has 3 rings (SSSR count). The topological polar surface area (TPSA) is 72.5 Å². The molecule has 7 heteroatoms. The lowest BCUT2D eigenvalue weighted by atomic mass is 9.78. The highest BCUT2D eigenvalue weighted by atomic mass is 35.5. The second kappa shape index (κ2) is 10.4. The van der Waals surface area contributed by atoms with Crippen LogP contribution in [-0.4, -0.2) is 28.0 Å². The van der Waals surface area contributed by atoms with Crippen molar-refractivity contribution in [3.8, 4) is 0 Å². The molecule has 1 atom stereocenters. The zero-order chi connectivity index (χ0) is 22.4. The first kappa shape index (κ1) is 23.5. The first-order valence-corrected chi connectivity index (χ1v) is 12.3. The molecule has 2 aromatic rings. The molecule has 5 nitrogen and oxygen atoms in total. The van der Waals surface area contributed by atoms with Crippen LogP contribution in [0.1, 0.15) is 41.5 Å². The molecule has 0 spiro atoms. The van der Waals surface area contributed by atoms with Crippen LogP contribution in [0.15, 0.2) is 47.9 Å². The molecule has 1 aliphatic rings. The largest absolute Gasteiger partial charge is 0.469 e. The van der Waals surface area contributed by atoms with E-state index in [9.17, 15) is 13.2 Å². The summed E-state index contributed by atoms with van der Waals surface area (Å²) in [5.41, 5.74) is 4.83. The van der Waals surface area contributed by atoms with Gasteiger partial charge in [-0.2, -0.15) is 0 Å². The lowest BCUT2D eigenvalue weighted by Gasteiger charge is -2.27. The summed E-state index contributed by atoms with van der Waals surface area (Å²) in [5, 5.41) is 0.505. The number of methoxy groups -OCH3 is 1. The van der Waals surface area contributed by atoms with Gasteiger partial charge in [0.25, 0.3) is 0 Å². The van der Waals surface area contributed by atoms with E-state index in [2.05, 4.69) is 23.4 Å². The molecule has 0 fully saturated rings. The number of halogens is 1. The van der Waals surface area contributed by atoms with Gasteiger partial charge in [-0.15, -0.1) is 0 Å². The number of carbonyl (C=O) groups excluding carboxylic acids is 1. The molecule has 0 saturated heterocycles. The molecular weight excluding hydrogens is 434 g/mol. The predicted molar refractivity (Wildman–Crippen MR) is 124 cm³/mol. The third kappa shape index (κ3) is 5.97. The number of esters is 1. The van der Waals surface area contributed by atoms with Crippen molar-refractivity contribution in [2.75, 3.05) is 13.7 Å². The van der Waals surface area contributed by atoms with Crippen molar-refractivity contribution in [3.05, 3.63) is 70.3 Å². The first-order valence-electron chi connectivity index (χ1n) is 10.4. The summed E-state index contributed by atoms with van der Waals surface area (Å²) in [6.45, 7) is 4.30. The summed E-state index contributed by atoms with van der Waals surface area (Å²) in [5.74, 6) is 0.192. The van der Waals surface area contributed by atoms with Crippen LogP contribution < -0.4 is 4.72 Å². The second-order valence-corrected chi connectivity index (χ2v) is 10.0. The van der Waals surface area contributed by atoms with Gasteiger partial charge >= 0.3 is 5.97 Å². The minimum Gasteiger partial charge on any atom is -0.469 e. The minimum atomic E-state index is -3.54. The number of rotatable bonds is 9. The van der Waals surface area contributed by atoms with E-state index >= 15 is 0 Å². The average molecular weight is 462 g/mol. The van der Waals surface area contributed by atoms with E-state index in [1.54, 1.807) is 12.1 Å². The van der Waals surface area contributed by atoms with Crippen molar-refractivity contribution in [3.63, 3.8) is 0 Å². The molecule has 0 amide bonds. The Hall–Kier alpha value is -2.15. The summed E-state index contributed by atoms with van der Waals surface area (Å²) in [6.07, 6.45) is 6.41. The normalized spacial score (nSPS) is 15.9. The van der Waals surface area contributed by atoms with E-state index in [0.29, 0.717) is 30.3 Å². The van der Waals surface area contributed by atoms with Crippen LogP contribution in [0.3, 0.4) is 0 Å². The Morgan fingerprint density at radius 2 is 2.00 bits per heavy atom. The molecule has 0 radical (unpaired) electrons. The van der Waals surface area contributed by atoms with E-state index in [1.807, 2.05) is 6.08 Å². The zero-order valence-corrected chi connectivity index (χ0v) is 19.3. The van der Waals surface area contributed by atoms with Gasteiger partial charge in [-0.1, -0.05) is 36.4 Å². The van der Waals surface area contributed by atoms with Gasteiger partial charge in [0, 0.05) is 18.0 Å². The van der Waals surface area contributed by atoms with Crippen LogP contribution in [-0.2, 0) is 38.8 Å². The summed E-state index contributed by atoms with van der Waals surface area (Å²) in [6, 6.07) is 10.4. The fourth-order valence-corrected chi connectivity index (χ4v) is 5.35. The SMILES string of the molecule is C=Cc1ccc2c(c1CCC(=O)OC)CCC(CCNS(=O)(=O)c1ccc(Cl)cc1)C2. The monoisotopic (exact) mass is 461 g/mol. The molecule has 0 saturated carbocycles. The Balaban J connectivity index is 1.62. The van der Waals surface area contributed by atoms with Crippen molar-refractivity contribution in [1.29, 1.82) is 0 Å². The lowest BCUT2D eigenvalue weighted by molar-refractivity contribution is -0.140. The molecule has 0 aliphatic heterocycles. The van der Waals surface area contributed by atoms with Crippen molar-refractivity contribution in [2.45, 2.75) is 43.4 Å². The Kier molecular flexibility index (Phi) is 7.92. The van der Waals surface area contributed by atoms with Gasteiger partial charge in [-0.3, -0.25) is 4.79 Å². The summed E-state index contributed by atoms with van der Waals surface area (Å²) in [7, 11) is -2.13. The quantitative estimate of drug-likeness (QED) is 0.555. The van der Waals surface area contributed by atoms with Crippen LogP contribution in [0.2, 0.25) is 5.02 Å². The molecular formula is C24H28ClNO4S. The summed E-state index contributed by atoms with van der Waals surface area (Å²) < 4.78 is 32.4. The summed E-state index contributed by atoms with van der Waals surface area (Å²) in [4.78, 5) is 11.8. The number of fused-ring (bicyclic) bond motifs is 1. The van der Waals surface area contributed by atoms with Crippen molar-refractivity contribution in [2.24, 2.45) is 5.92 Å². The number of ether oxygens (including phenoxy) is 1. The van der Waals surface area contributed by atoms with E-state index < -0.39 is 10.0 Å². The van der Waals surface area contributed by atoms with Gasteiger partial charge in [-0.25, -0.2) is 13.1 Å². The van der Waals surface area contributed by atoms with Gasteiger partial charge in [0.1, 0.15) is 0 Å². The third-order valence-electron chi connectivity index (χ3n) is 5.87. The molecule has 1 N–H and O–H groups in total. The van der Waals surface area contributed by atoms with Gasteiger partial charge in [-0.05, 0) is 84.5 Å². The van der Waals surface area contributed by atoms with Crippen LogP contribution >= 0.6 is 11.6 Å². The maximum absolute atomic E-state index is 12.4. The standard InChI is InChI=1S/C24H28ClNO4S/c1-3-18-5-6-19-16-17(4-11-23(19)22(18)12-13-24(27)30-2)14-15-26-31(28,29)21-9-7-20(25)8-10-21/h3,5-10,17,26H,1,4,11-16H2,2H3. The van der Waals surface area contributed by atoms with Gasteiger partial charge < -0.3 is 4.74 Å². The molecule has 1 unspecified atom stereocenters. The zero-order valence-electron chi connectivity index (χ0n) is 17.7. The van der Waals surface area contributed by atoms with E-state index in [-0.39, 0.29) is 10.9 Å². The molecule has 0 heterocycles. The number of nitrogens with one attached hydrogen (secondary N) is 1. The number of hydrogen-bond acceptors (Lipinski definition) is 4. The van der Waals surface area contributed by atoms with Crippen LogP contribution in [0.5, 0.6) is 0 Å². The van der Waals surface area contributed by atoms with Crippen LogP contribution in [0.25, 0.3) is 6.08 Å². The Morgan fingerprint density at radius 3 is 2.68 bits per heavy atom. The van der Waals surface area contributed by atoms with E-state index in [1.165, 1.54) is 35.9 Å². The number of benzene rings is 2. The molecule has 1 aliphatic carbocycles. The first-order chi connectivity index (χ1) is 14.8. The lowest BCUT2D eigenvalue weighted by Crippen LogP contribution is -2.27. The molecule has 166 valence electrons.